The first-order valence-electron chi connectivity index (χ1n) is 17.7. The predicted molar refractivity (Wildman–Crippen MR) is 203 cm³/mol. The van der Waals surface area contributed by atoms with Crippen LogP contribution in [-0.4, -0.2) is 128 Å². The summed E-state index contributed by atoms with van der Waals surface area (Å²) in [6.45, 7) is 17.5. The number of carbonyl (C=O) groups is 6. The van der Waals surface area contributed by atoms with Gasteiger partial charge in [0.05, 0.1) is 11.7 Å². The summed E-state index contributed by atoms with van der Waals surface area (Å²) in [5.74, 6) is -4.70. The highest BCUT2D eigenvalue weighted by atomic mass is 32.2. The Kier molecular flexibility index (Phi) is 12.9. The molecule has 0 bridgehead atoms. The van der Waals surface area contributed by atoms with E-state index in [4.69, 9.17) is 23.6 Å². The maximum atomic E-state index is 13.8. The minimum atomic E-state index is -5.19. The summed E-state index contributed by atoms with van der Waals surface area (Å²) in [5, 5.41) is 16.1. The molecule has 0 aliphatic carbocycles. The summed E-state index contributed by atoms with van der Waals surface area (Å²) >= 11 is 0.858. The van der Waals surface area contributed by atoms with Crippen LogP contribution in [0.5, 0.6) is 0 Å². The fourth-order valence-corrected chi connectivity index (χ4v) is 6.58. The van der Waals surface area contributed by atoms with Gasteiger partial charge in [0.2, 0.25) is 11.4 Å². The van der Waals surface area contributed by atoms with Crippen LogP contribution in [0.2, 0.25) is 0 Å². The molecule has 2 aliphatic rings. The van der Waals surface area contributed by atoms with Gasteiger partial charge in [0, 0.05) is 37.0 Å². The van der Waals surface area contributed by atoms with E-state index in [0.717, 1.165) is 11.3 Å². The Morgan fingerprint density at radius 2 is 1.57 bits per heavy atom. The molecule has 4 rings (SSSR count). The number of hydrogen-bond donors (Lipinski definition) is 4. The predicted octanol–water partition coefficient (Wildman–Crippen LogP) is 2.58. The smallest absolute Gasteiger partial charge is 0.413 e. The van der Waals surface area contributed by atoms with Gasteiger partial charge in [0.15, 0.2) is 10.8 Å². The summed E-state index contributed by atoms with van der Waals surface area (Å²) in [7, 11) is -5.19. The van der Waals surface area contributed by atoms with Crippen molar-refractivity contribution in [3.63, 3.8) is 0 Å². The number of nitrogens with one attached hydrogen (secondary N) is 3. The van der Waals surface area contributed by atoms with Crippen molar-refractivity contribution < 1.29 is 65.3 Å². The molecule has 5 amide bonds. The molecule has 0 spiro atoms. The quantitative estimate of drug-likeness (QED) is 0.0596. The minimum Gasteiger partial charge on any atom is -0.457 e. The van der Waals surface area contributed by atoms with Gasteiger partial charge in [-0.2, -0.15) is 8.42 Å². The van der Waals surface area contributed by atoms with Crippen molar-refractivity contribution in [2.24, 2.45) is 5.16 Å². The number of likely N-dealkylation sites (tertiary alicyclic amines) is 1. The van der Waals surface area contributed by atoms with E-state index in [-0.39, 0.29) is 39.9 Å². The van der Waals surface area contributed by atoms with E-state index in [9.17, 15) is 41.7 Å². The van der Waals surface area contributed by atoms with Crippen molar-refractivity contribution in [2.45, 2.75) is 117 Å². The Morgan fingerprint density at radius 3 is 2.14 bits per heavy atom. The van der Waals surface area contributed by atoms with Gasteiger partial charge in [-0.25, -0.2) is 23.7 Å². The van der Waals surface area contributed by atoms with Crippen LogP contribution in [0.15, 0.2) is 21.1 Å². The number of oxime groups is 1. The summed E-state index contributed by atoms with van der Waals surface area (Å²) < 4.78 is 55.4. The number of thiazole rings is 1. The lowest BCUT2D eigenvalue weighted by molar-refractivity contribution is -0.179. The molecule has 2 aromatic heterocycles. The van der Waals surface area contributed by atoms with E-state index >= 15 is 0 Å². The van der Waals surface area contributed by atoms with Gasteiger partial charge in [0.25, 0.3) is 17.7 Å². The topological polar surface area (TPSA) is 288 Å². The third-order valence-corrected chi connectivity index (χ3v) is 9.41. The Hall–Kier alpha value is -5.36. The van der Waals surface area contributed by atoms with E-state index in [1.54, 1.807) is 62.3 Å². The number of carbonyl (C=O) groups excluding carboxylic acids is 6. The summed E-state index contributed by atoms with van der Waals surface area (Å²) in [6.07, 6.45) is -1.37. The molecule has 0 radical (unpaired) electrons. The number of ether oxygens (including phenoxy) is 3. The Balaban J connectivity index is 1.51. The maximum absolute atomic E-state index is 13.8. The van der Waals surface area contributed by atoms with Gasteiger partial charge < -0.3 is 39.1 Å². The lowest BCUT2D eigenvalue weighted by Crippen LogP contribution is -2.74. The van der Waals surface area contributed by atoms with Crippen LogP contribution in [0.25, 0.3) is 0 Å². The monoisotopic (exact) mass is 856 g/mol. The number of anilines is 1. The van der Waals surface area contributed by atoms with Gasteiger partial charge in [-0.15, -0.1) is 11.3 Å². The summed E-state index contributed by atoms with van der Waals surface area (Å²) in [6, 6.07) is -1.90. The minimum absolute atomic E-state index is 0.0396. The number of nitrogens with zero attached hydrogens (tertiary/aromatic N) is 5. The highest BCUT2D eigenvalue weighted by molar-refractivity contribution is 7.84. The zero-order valence-electron chi connectivity index (χ0n) is 33.8. The molecule has 22 nitrogen and oxygen atoms in total. The zero-order valence-corrected chi connectivity index (χ0v) is 35.4. The van der Waals surface area contributed by atoms with Crippen molar-refractivity contribution in [3.05, 3.63) is 28.6 Å². The molecule has 0 aromatic carbocycles. The number of hydrogen-bond acceptors (Lipinski definition) is 17. The summed E-state index contributed by atoms with van der Waals surface area (Å²) in [4.78, 5) is 88.5. The first kappa shape index (κ1) is 45.3. The van der Waals surface area contributed by atoms with Gasteiger partial charge in [0.1, 0.15) is 28.5 Å². The van der Waals surface area contributed by atoms with E-state index in [0.29, 0.717) is 5.69 Å². The van der Waals surface area contributed by atoms with E-state index in [1.807, 2.05) is 0 Å². The van der Waals surface area contributed by atoms with Crippen LogP contribution < -0.4 is 16.0 Å². The molecule has 2 aliphatic heterocycles. The second-order valence-electron chi connectivity index (χ2n) is 16.7. The Labute approximate surface area is 338 Å². The van der Waals surface area contributed by atoms with Crippen molar-refractivity contribution in [2.75, 3.05) is 25.0 Å². The standard InChI is InChI=1S/C34H48N8O14S2/c1-31(2,3)52-27(46)34(10,11)56-40-22(19-16-57-28(36-19)38-29(47)53-32(4,5)6)25(44)37-23-20(42(26(23)45)58(49,50)51)13-35-24(43)21-12-18(39-55-21)17-14-41(15-17)30(48)54-33(7,8)9/h12,16-17,20,23H,13-15H2,1-11H3,(H,35,43)(H,37,44)(H,36,38,47)(H,49,50,51)/b40-22-. The maximum Gasteiger partial charge on any atom is 0.413 e. The molecule has 0 saturated carbocycles. The molecule has 2 aromatic rings. The van der Waals surface area contributed by atoms with E-state index in [1.165, 1.54) is 30.2 Å². The summed E-state index contributed by atoms with van der Waals surface area (Å²) in [5.41, 5.74) is -4.69. The van der Waals surface area contributed by atoms with Crippen molar-refractivity contribution >= 4 is 68.4 Å². The van der Waals surface area contributed by atoms with Crippen molar-refractivity contribution in [1.29, 1.82) is 0 Å². The van der Waals surface area contributed by atoms with E-state index in [2.05, 4.69) is 31.2 Å². The molecule has 24 heteroatoms. The lowest BCUT2D eigenvalue weighted by atomic mass is 9.96. The third-order valence-electron chi connectivity index (χ3n) is 7.71. The first-order chi connectivity index (χ1) is 26.4. The number of β-lactam (4-membered cyclic amide) rings is 1. The van der Waals surface area contributed by atoms with Crippen molar-refractivity contribution in [1.82, 2.24) is 30.0 Å². The highest BCUT2D eigenvalue weighted by Crippen LogP contribution is 2.29. The molecule has 320 valence electrons. The number of rotatable bonds is 12. The van der Waals surface area contributed by atoms with Gasteiger partial charge in [-0.05, 0) is 76.2 Å². The molecule has 4 heterocycles. The molecular weight excluding hydrogens is 809 g/mol. The third kappa shape index (κ3) is 11.8. The van der Waals surface area contributed by atoms with Crippen LogP contribution in [0.1, 0.15) is 104 Å². The molecule has 58 heavy (non-hydrogen) atoms. The fourth-order valence-electron chi connectivity index (χ4n) is 5.02. The molecule has 2 atom stereocenters. The van der Waals surface area contributed by atoms with Crippen LogP contribution in [0.3, 0.4) is 0 Å². The number of amides is 5. The average molecular weight is 857 g/mol. The van der Waals surface area contributed by atoms with Crippen LogP contribution >= 0.6 is 11.3 Å². The van der Waals surface area contributed by atoms with Gasteiger partial charge in [-0.3, -0.25) is 24.3 Å². The molecule has 2 fully saturated rings. The Bertz CT molecular complexity index is 2070. The SMILES string of the molecule is CC(C)(C)OC(=O)Nc1nc(/C(=N/OC(C)(C)C(=O)OC(C)(C)C)C(=O)NC2C(=O)N(S(=O)(=O)O)C2CNC(=O)c2cc(C3CN(C(=O)OC(C)(C)C)C3)no2)cs1. The zero-order chi connectivity index (χ0) is 43.8. The highest BCUT2D eigenvalue weighted by Gasteiger charge is 2.54. The number of esters is 1. The number of aromatic nitrogens is 2. The van der Waals surface area contributed by atoms with Gasteiger partial charge >= 0.3 is 28.5 Å². The van der Waals surface area contributed by atoms with Crippen LogP contribution in [0, 0.1) is 0 Å². The fraction of sp³-hybridized carbons (Fsp3) is 0.618. The molecule has 4 N–H and O–H groups in total. The second-order valence-corrected chi connectivity index (χ2v) is 18.9. The van der Waals surface area contributed by atoms with Crippen LogP contribution in [0.4, 0.5) is 14.7 Å². The normalized spacial score (nSPS) is 18.1. The van der Waals surface area contributed by atoms with Gasteiger partial charge in [-0.1, -0.05) is 10.3 Å². The second kappa shape index (κ2) is 16.5. The first-order valence-corrected chi connectivity index (χ1v) is 20.0. The molecular formula is C34H48N8O14S2. The molecule has 2 unspecified atom stereocenters. The van der Waals surface area contributed by atoms with E-state index < -0.39 is 92.9 Å². The van der Waals surface area contributed by atoms with Crippen molar-refractivity contribution in [3.8, 4) is 0 Å². The Morgan fingerprint density at radius 1 is 0.966 bits per heavy atom. The lowest BCUT2D eigenvalue weighted by Gasteiger charge is -2.44. The molecule has 2 saturated heterocycles. The van der Waals surface area contributed by atoms with Crippen LogP contribution in [-0.2, 0) is 43.7 Å². The largest absolute Gasteiger partial charge is 0.457 e. The average Bonchev–Trinajstić information content (AvgIpc) is 3.68.